The van der Waals surface area contributed by atoms with E-state index in [4.69, 9.17) is 2.80 Å². The average Bonchev–Trinajstić information content (AvgIpc) is 2.98. The molecular weight excluding hydrogens is 136 g/mol. The first-order valence-corrected chi connectivity index (χ1v) is 3.94. The molecule has 3 unspecified atom stereocenters. The van der Waals surface area contributed by atoms with Crippen molar-refractivity contribution in [2.24, 2.45) is 5.92 Å². The number of benzene rings is 1. The van der Waals surface area contributed by atoms with Gasteiger partial charge < -0.3 is 5.11 Å². The van der Waals surface area contributed by atoms with Crippen LogP contribution >= 0.6 is 0 Å². The van der Waals surface area contributed by atoms with E-state index in [1.165, 1.54) is 5.56 Å². The molecule has 3 atom stereocenters. The fraction of sp³-hybridized carbons (Fsp3) is 0.400. The molecule has 1 aliphatic rings. The zero-order chi connectivity index (χ0) is 9.26. The molecule has 0 amide bonds. The molecule has 2 rings (SSSR count). The summed E-state index contributed by atoms with van der Waals surface area (Å²) in [5.74, 6) is 0.748. The monoisotopic (exact) mass is 151 g/mol. The third-order valence-electron chi connectivity index (χ3n) is 2.26. The second kappa shape index (κ2) is 2.67. The Bertz CT molecular complexity index is 276. The fourth-order valence-electron chi connectivity index (χ4n) is 1.46. The van der Waals surface area contributed by atoms with E-state index in [0.29, 0.717) is 5.92 Å². The second-order valence-corrected chi connectivity index (χ2v) is 3.07. The Kier molecular flexibility index (Phi) is 1.20. The van der Waals surface area contributed by atoms with E-state index in [1.54, 1.807) is 0 Å². The van der Waals surface area contributed by atoms with Gasteiger partial charge in [0.05, 0.1) is 0 Å². The van der Waals surface area contributed by atoms with Crippen molar-refractivity contribution >= 4 is 0 Å². The van der Waals surface area contributed by atoms with Crippen LogP contribution in [0.1, 0.15) is 19.3 Å². The lowest BCUT2D eigenvalue weighted by Gasteiger charge is -1.95. The van der Waals surface area contributed by atoms with Crippen molar-refractivity contribution in [1.82, 2.24) is 0 Å². The van der Waals surface area contributed by atoms with Crippen LogP contribution in [0.25, 0.3) is 0 Å². The van der Waals surface area contributed by atoms with Gasteiger partial charge in [-0.2, -0.15) is 0 Å². The standard InChI is InChI=1S/C10H12O/c11-7-9-6-10(9)8-4-2-1-3-5-8/h1-5,9-11H,6-7H2/p+1/i7D,11D. The van der Waals surface area contributed by atoms with Crippen molar-refractivity contribution in [3.05, 3.63) is 35.9 Å². The Balaban J connectivity index is 2.00. The third-order valence-corrected chi connectivity index (χ3v) is 2.26. The lowest BCUT2D eigenvalue weighted by atomic mass is 10.1. The fourth-order valence-corrected chi connectivity index (χ4v) is 1.46. The van der Waals surface area contributed by atoms with Gasteiger partial charge >= 0.3 is 1.43 Å². The Morgan fingerprint density at radius 1 is 1.55 bits per heavy atom. The van der Waals surface area contributed by atoms with E-state index in [0.717, 1.165) is 6.42 Å². The molecule has 0 aliphatic heterocycles. The summed E-state index contributed by atoms with van der Waals surface area (Å²) in [5, 5.41) is 3.24. The van der Waals surface area contributed by atoms with Crippen LogP contribution in [0.15, 0.2) is 30.3 Å². The number of hydrogen-bond acceptors (Lipinski definition) is 0. The van der Waals surface area contributed by atoms with E-state index in [1.807, 2.05) is 18.2 Å². The molecule has 1 fully saturated rings. The zero-order valence-corrected chi connectivity index (χ0v) is 6.27. The van der Waals surface area contributed by atoms with Gasteiger partial charge in [0.1, 0.15) is 7.95 Å². The average molecular weight is 151 g/mol. The first-order valence-electron chi connectivity index (χ1n) is 4.97. The smallest absolute Gasteiger partial charge is 0.445 e. The minimum atomic E-state index is -0.551. The van der Waals surface area contributed by atoms with E-state index in [2.05, 4.69) is 17.2 Å². The highest BCUT2D eigenvalue weighted by atomic mass is 16.3. The summed E-state index contributed by atoms with van der Waals surface area (Å²) < 4.78 is 14.2. The largest absolute Gasteiger partial charge is 0.487 e. The molecule has 0 aromatic heterocycles. The van der Waals surface area contributed by atoms with Crippen molar-refractivity contribution in [3.8, 4) is 0 Å². The van der Waals surface area contributed by atoms with Crippen molar-refractivity contribution in [1.29, 1.82) is 1.43 Å². The van der Waals surface area contributed by atoms with E-state index >= 15 is 0 Å². The molecule has 0 saturated heterocycles. The highest BCUT2D eigenvalue weighted by Gasteiger charge is 2.39. The SMILES string of the molecule is [2H][OH+]C([2H])C1CC1c1ccccc1. The number of hydrogen-bond donors (Lipinski definition) is 0. The van der Waals surface area contributed by atoms with Crippen LogP contribution < -0.4 is 0 Å². The van der Waals surface area contributed by atoms with Gasteiger partial charge in [-0.25, -0.2) is 0 Å². The molecule has 0 radical (unpaired) electrons. The van der Waals surface area contributed by atoms with Crippen LogP contribution in [0.2, 0.25) is 0 Å². The molecule has 58 valence electrons. The van der Waals surface area contributed by atoms with Crippen LogP contribution in [0.3, 0.4) is 0 Å². The van der Waals surface area contributed by atoms with Gasteiger partial charge in [0.15, 0.2) is 0 Å². The molecule has 11 heavy (non-hydrogen) atoms. The minimum absolute atomic E-state index is 0.278. The summed E-state index contributed by atoms with van der Waals surface area (Å²) in [6.45, 7) is -0.551. The molecule has 1 nitrogen and oxygen atoms in total. The van der Waals surface area contributed by atoms with Gasteiger partial charge in [-0.3, -0.25) is 0 Å². The van der Waals surface area contributed by atoms with E-state index in [-0.39, 0.29) is 5.92 Å². The minimum Gasteiger partial charge on any atom is -0.445 e. The predicted octanol–water partition coefficient (Wildman–Crippen LogP) is 1.51. The van der Waals surface area contributed by atoms with Crippen molar-refractivity contribution < 1.29 is 6.48 Å². The molecule has 1 aromatic rings. The molecule has 2 N–H and O–H groups in total. The second-order valence-electron chi connectivity index (χ2n) is 3.07. The summed E-state index contributed by atoms with van der Waals surface area (Å²) in [6.07, 6.45) is 1.01. The third kappa shape index (κ3) is 1.29. The molecule has 0 heterocycles. The van der Waals surface area contributed by atoms with Crippen LogP contribution in [-0.4, -0.2) is 13.1 Å². The lowest BCUT2D eigenvalue weighted by Crippen LogP contribution is -1.87. The van der Waals surface area contributed by atoms with Gasteiger partial charge in [-0.15, -0.1) is 0 Å². The van der Waals surface area contributed by atoms with Gasteiger partial charge in [-0.1, -0.05) is 30.3 Å². The zero-order valence-electron chi connectivity index (χ0n) is 8.27. The van der Waals surface area contributed by atoms with Crippen LogP contribution in [0, 0.1) is 5.92 Å². The molecule has 1 heteroatoms. The topological polar surface area (TPSA) is 22.9 Å². The molecule has 0 spiro atoms. The van der Waals surface area contributed by atoms with Gasteiger partial charge in [-0.05, 0) is 17.9 Å². The van der Waals surface area contributed by atoms with Crippen molar-refractivity contribution in [2.45, 2.75) is 12.3 Å². The van der Waals surface area contributed by atoms with E-state index in [9.17, 15) is 0 Å². The first-order chi connectivity index (χ1) is 6.33. The van der Waals surface area contributed by atoms with E-state index < -0.39 is 6.58 Å². The Hall–Kier alpha value is -0.820. The maximum atomic E-state index is 7.46. The molecule has 0 bridgehead atoms. The molecule has 1 aliphatic carbocycles. The Morgan fingerprint density at radius 3 is 3.09 bits per heavy atom. The summed E-state index contributed by atoms with van der Waals surface area (Å²) in [5.41, 5.74) is 1.29. The summed E-state index contributed by atoms with van der Waals surface area (Å²) in [7, 11) is 0. The van der Waals surface area contributed by atoms with Crippen molar-refractivity contribution in [3.63, 3.8) is 0 Å². The summed E-state index contributed by atoms with van der Waals surface area (Å²) in [4.78, 5) is 0. The number of rotatable bonds is 3. The summed E-state index contributed by atoms with van der Waals surface area (Å²) in [6, 6.07) is 10.2. The first kappa shape index (κ1) is 4.94. The maximum absolute atomic E-state index is 7.46. The highest BCUT2D eigenvalue weighted by molar-refractivity contribution is 5.25. The molecule has 1 aromatic carbocycles. The lowest BCUT2D eigenvalue weighted by molar-refractivity contribution is 0.274. The van der Waals surface area contributed by atoms with Gasteiger partial charge in [0.2, 0.25) is 0 Å². The van der Waals surface area contributed by atoms with Crippen LogP contribution in [0.5, 0.6) is 0 Å². The van der Waals surface area contributed by atoms with Crippen molar-refractivity contribution in [2.75, 3.05) is 6.58 Å². The molecular formula is C10H13O+. The maximum Gasteiger partial charge on any atom is 0.487 e. The normalized spacial score (nSPS) is 33.8. The van der Waals surface area contributed by atoms with Crippen LogP contribution in [0.4, 0.5) is 0 Å². The Morgan fingerprint density at radius 2 is 2.36 bits per heavy atom. The summed E-state index contributed by atoms with van der Waals surface area (Å²) >= 11 is 0. The van der Waals surface area contributed by atoms with Crippen LogP contribution in [-0.2, 0) is 0 Å². The van der Waals surface area contributed by atoms with Gasteiger partial charge in [0.25, 0.3) is 0 Å². The predicted molar refractivity (Wildman–Crippen MR) is 45.8 cm³/mol. The molecule has 1 saturated carbocycles. The Labute approximate surface area is 69.6 Å². The highest BCUT2D eigenvalue weighted by Crippen LogP contribution is 2.46. The van der Waals surface area contributed by atoms with Gasteiger partial charge in [0, 0.05) is 5.92 Å². The quantitative estimate of drug-likeness (QED) is 0.585.